The van der Waals surface area contributed by atoms with Crippen LogP contribution in [0.25, 0.3) is 144 Å². The first-order chi connectivity index (χ1) is 52.6. The first kappa shape index (κ1) is 72.7. The van der Waals surface area contributed by atoms with Crippen LogP contribution in [0.2, 0.25) is 0 Å². The summed E-state index contributed by atoms with van der Waals surface area (Å²) in [5.41, 5.74) is 21.8. The molecule has 522 valence electrons. The Morgan fingerprint density at radius 2 is 0.661 bits per heavy atom. The van der Waals surface area contributed by atoms with Gasteiger partial charge in [0.2, 0.25) is 0 Å². The van der Waals surface area contributed by atoms with Crippen molar-refractivity contribution in [2.75, 3.05) is 0 Å². The van der Waals surface area contributed by atoms with Gasteiger partial charge in [-0.05, 0) is 131 Å². The fourth-order valence-electron chi connectivity index (χ4n) is 15.0. The van der Waals surface area contributed by atoms with E-state index in [1.807, 2.05) is 97.5 Å². The van der Waals surface area contributed by atoms with Gasteiger partial charge in [-0.1, -0.05) is 210 Å². The maximum Gasteiger partial charge on any atom is 2.00 e. The molecule has 0 saturated carbocycles. The molecule has 6 heterocycles. The minimum atomic E-state index is -0.770. The van der Waals surface area contributed by atoms with Gasteiger partial charge in [0.05, 0.1) is 11.4 Å². The summed E-state index contributed by atoms with van der Waals surface area (Å²) < 4.78 is 0. The first-order valence-electron chi connectivity index (χ1n) is 35.5. The van der Waals surface area contributed by atoms with E-state index >= 15 is 0 Å². The van der Waals surface area contributed by atoms with Gasteiger partial charge in [-0.3, -0.25) is 19.9 Å². The summed E-state index contributed by atoms with van der Waals surface area (Å²) in [6, 6.07) is 138. The molecule has 0 saturated heterocycles. The van der Waals surface area contributed by atoms with Gasteiger partial charge in [-0.15, -0.1) is 196 Å². The Labute approximate surface area is 677 Å². The van der Waals surface area contributed by atoms with Crippen molar-refractivity contribution in [2.24, 2.45) is 0 Å². The molecule has 1 aliphatic rings. The van der Waals surface area contributed by atoms with Crippen molar-refractivity contribution in [2.45, 2.75) is 11.8 Å². The number of nitrogens with zero attached hydrogens (tertiary/aromatic N) is 6. The second-order valence-corrected chi connectivity index (χ2v) is 26.2. The fraction of sp³-hybridized carbons (Fsp3) is 0.0200. The Bertz CT molecular complexity index is 6160. The molecule has 0 aliphatic heterocycles. The minimum absolute atomic E-state index is 0. The third-order valence-electron chi connectivity index (χ3n) is 19.8. The molecule has 9 heteroatoms. The zero-order valence-electron chi connectivity index (χ0n) is 58.5. The van der Waals surface area contributed by atoms with Gasteiger partial charge in [-0.2, -0.15) is 0 Å². The molecule has 0 N–H and O–H groups in total. The smallest absolute Gasteiger partial charge is 0.304 e. The van der Waals surface area contributed by atoms with Gasteiger partial charge in [0.15, 0.2) is 0 Å². The molecular formula is C100H62N6Pt3. The van der Waals surface area contributed by atoms with Gasteiger partial charge >= 0.3 is 63.2 Å². The normalized spacial score (nSPS) is 11.6. The molecule has 0 amide bonds. The van der Waals surface area contributed by atoms with Crippen molar-refractivity contribution >= 4 is 53.9 Å². The van der Waals surface area contributed by atoms with Crippen LogP contribution < -0.4 is 0 Å². The summed E-state index contributed by atoms with van der Waals surface area (Å²) in [5, 5.41) is 11.3. The maximum atomic E-state index is 5.60. The van der Waals surface area contributed by atoms with Gasteiger partial charge in [-0.25, -0.2) is 0 Å². The van der Waals surface area contributed by atoms with E-state index in [2.05, 4.69) is 317 Å². The zero-order valence-corrected chi connectivity index (χ0v) is 65.3. The van der Waals surface area contributed by atoms with Crippen molar-refractivity contribution in [1.82, 2.24) is 29.9 Å². The number of pyridine rings is 6. The number of rotatable bonds is 11. The number of aromatic nitrogens is 6. The number of hydrogen-bond acceptors (Lipinski definition) is 6. The quantitative estimate of drug-likeness (QED) is 0.120. The van der Waals surface area contributed by atoms with Crippen LogP contribution in [-0.2, 0) is 75.0 Å². The van der Waals surface area contributed by atoms with Gasteiger partial charge < -0.3 is 9.97 Å². The first-order valence-corrected chi connectivity index (χ1v) is 35.5. The van der Waals surface area contributed by atoms with E-state index in [0.29, 0.717) is 0 Å². The molecule has 1 aliphatic carbocycles. The van der Waals surface area contributed by atoms with Crippen LogP contribution in [0.3, 0.4) is 0 Å². The average molecular weight is 1930 g/mol. The van der Waals surface area contributed by atoms with E-state index in [1.165, 1.54) is 33.0 Å². The van der Waals surface area contributed by atoms with E-state index in [4.69, 9.17) is 9.97 Å². The van der Waals surface area contributed by atoms with E-state index in [1.54, 1.807) is 6.20 Å². The number of benzene rings is 13. The van der Waals surface area contributed by atoms with E-state index < -0.39 is 5.41 Å². The predicted molar refractivity (Wildman–Crippen MR) is 431 cm³/mol. The largest absolute Gasteiger partial charge is 2.00 e. The fourth-order valence-corrected chi connectivity index (χ4v) is 15.0. The third kappa shape index (κ3) is 14.4. The van der Waals surface area contributed by atoms with Crippen LogP contribution in [0.15, 0.2) is 365 Å². The average Bonchev–Trinajstić information content (AvgIpc) is 1.45. The number of hydrogen-bond donors (Lipinski definition) is 0. The van der Waals surface area contributed by atoms with Crippen LogP contribution in [0.1, 0.15) is 33.6 Å². The summed E-state index contributed by atoms with van der Waals surface area (Å²) in [4.78, 5) is 29.4. The van der Waals surface area contributed by atoms with Crippen molar-refractivity contribution in [3.63, 3.8) is 0 Å². The second kappa shape index (κ2) is 32.7. The maximum absolute atomic E-state index is 5.60. The van der Waals surface area contributed by atoms with Gasteiger partial charge in [0, 0.05) is 36.2 Å². The molecule has 0 unspecified atom stereocenters. The van der Waals surface area contributed by atoms with Gasteiger partial charge in [0.25, 0.3) is 0 Å². The van der Waals surface area contributed by atoms with Crippen molar-refractivity contribution in [3.8, 4) is 89.8 Å². The second-order valence-electron chi connectivity index (χ2n) is 26.2. The molecule has 0 atom stereocenters. The zero-order chi connectivity index (χ0) is 70.6. The molecule has 0 bridgehead atoms. The molecular weight excluding hydrogens is 1870 g/mol. The Hall–Kier alpha value is -11.9. The molecule has 0 radical (unpaired) electrons. The summed E-state index contributed by atoms with van der Waals surface area (Å²) in [6.45, 7) is 0. The van der Waals surface area contributed by atoms with E-state index in [9.17, 15) is 0 Å². The van der Waals surface area contributed by atoms with Crippen molar-refractivity contribution < 1.29 is 63.2 Å². The Morgan fingerprint density at radius 1 is 0.257 bits per heavy atom. The molecule has 20 rings (SSSR count). The Kier molecular flexibility index (Phi) is 21.8. The topological polar surface area (TPSA) is 77.3 Å². The van der Waals surface area contributed by atoms with E-state index in [0.717, 1.165) is 151 Å². The molecule has 19 aromatic rings. The molecule has 13 aromatic carbocycles. The molecule has 0 fully saturated rings. The van der Waals surface area contributed by atoms with Crippen LogP contribution in [0, 0.1) is 36.4 Å². The summed E-state index contributed by atoms with van der Waals surface area (Å²) in [6.07, 6.45) is 8.10. The summed E-state index contributed by atoms with van der Waals surface area (Å²) in [5.74, 6) is 0. The third-order valence-corrected chi connectivity index (χ3v) is 19.8. The molecule has 109 heavy (non-hydrogen) atoms. The molecule has 6 nitrogen and oxygen atoms in total. The standard InChI is InChI=1S/C43H26N2.C31H20N2.C26H16N2.3Pt/c1-3-15-29(16-4-1)41-33-21-9-7-19-31(33)27-39(44-41)43(37-25-13-11-23-35(37)36-24-12-14-26-38(36)43)40-28-32-20-8-10-22-34(32)42(45-40)30-17-5-2-6-18-30;1-3-13-28-24(9-1)15-17-32-30(28)26-11-5-7-22(20-26)19-23-8-6-12-27(21-23)31-29-14-4-2-10-25(29)16-18-33-31;1-3-15-27-25(11-1)21-9-5-8-20(17-21)23-10-6-7-19-13-14-22(18-24(19)23)26-12-2-4-16-28-26;;;/h1-15,17,19-28H;1-18H,19H2;1-16H;;;/q3*-2;3*+2. The predicted octanol–water partition coefficient (Wildman–Crippen LogP) is 23.6. The SMILES string of the molecule is [Pt+2].[Pt+2].[Pt+2].[c-]1c(-c2ccccn2)cccc1-c1cccc2ccc(-c3ccccn3)[c-]c12.[c-]1c(Cc2[c-]c(-c3nccc4ccccc34)ccc2)cccc1-c1nccc2ccccc12.[c-]1ccccc1-c1nc(C2(c3cc4ccccc4c(-c4[c-]cccc4)n3)c3ccccc3-c3ccccc32)cc2ccccc12. The van der Waals surface area contributed by atoms with Crippen LogP contribution in [0.4, 0.5) is 0 Å². The Balaban J connectivity index is 0.000000132. The summed E-state index contributed by atoms with van der Waals surface area (Å²) in [7, 11) is 0. The minimum Gasteiger partial charge on any atom is -0.304 e. The van der Waals surface area contributed by atoms with Gasteiger partial charge in [0.1, 0.15) is 5.41 Å². The van der Waals surface area contributed by atoms with Crippen molar-refractivity contribution in [1.29, 1.82) is 0 Å². The molecule has 0 spiro atoms. The molecule has 6 aromatic heterocycles. The van der Waals surface area contributed by atoms with Crippen molar-refractivity contribution in [3.05, 3.63) is 435 Å². The number of fused-ring (bicyclic) bond motifs is 8. The summed E-state index contributed by atoms with van der Waals surface area (Å²) >= 11 is 0. The van der Waals surface area contributed by atoms with E-state index in [-0.39, 0.29) is 63.2 Å². The van der Waals surface area contributed by atoms with Crippen LogP contribution in [-0.4, -0.2) is 29.9 Å². The Morgan fingerprint density at radius 3 is 1.17 bits per heavy atom. The monoisotopic (exact) mass is 1930 g/mol. The van der Waals surface area contributed by atoms with Crippen LogP contribution in [0.5, 0.6) is 0 Å². The van der Waals surface area contributed by atoms with Crippen LogP contribution >= 0.6 is 0 Å².